The van der Waals surface area contributed by atoms with Gasteiger partial charge in [-0.2, -0.15) is 0 Å². The van der Waals surface area contributed by atoms with E-state index in [1.807, 2.05) is 0 Å². The third kappa shape index (κ3) is 2.76. The lowest BCUT2D eigenvalue weighted by Crippen LogP contribution is -2.73. The van der Waals surface area contributed by atoms with Crippen molar-refractivity contribution in [2.75, 3.05) is 0 Å². The minimum atomic E-state index is -0.988. The summed E-state index contributed by atoms with van der Waals surface area (Å²) in [4.78, 5) is 23.6. The molecule has 0 heterocycles. The van der Waals surface area contributed by atoms with E-state index >= 15 is 0 Å². The van der Waals surface area contributed by atoms with E-state index in [9.17, 15) is 14.7 Å². The van der Waals surface area contributed by atoms with Crippen molar-refractivity contribution in [2.45, 2.75) is 64.0 Å². The summed E-state index contributed by atoms with van der Waals surface area (Å²) in [5.74, 6) is -0.988. The minimum absolute atomic E-state index is 0.0943. The minimum Gasteiger partial charge on any atom is -0.480 e. The van der Waals surface area contributed by atoms with E-state index in [0.29, 0.717) is 0 Å². The molecule has 3 aliphatic rings. The van der Waals surface area contributed by atoms with E-state index in [4.69, 9.17) is 4.74 Å². The maximum absolute atomic E-state index is 12.0. The van der Waals surface area contributed by atoms with Gasteiger partial charge in [0.1, 0.15) is 11.6 Å². The van der Waals surface area contributed by atoms with Gasteiger partial charge in [-0.3, -0.25) is 0 Å². The Morgan fingerprint density at radius 2 is 1.71 bits per heavy atom. The molecule has 1 aromatic rings. The molecule has 1 aromatic carbocycles. The molecule has 5 nitrogen and oxygen atoms in total. The molecule has 2 bridgehead atoms. The van der Waals surface area contributed by atoms with Gasteiger partial charge in [-0.1, -0.05) is 29.8 Å². The summed E-state index contributed by atoms with van der Waals surface area (Å²) in [6.45, 7) is 7.33. The van der Waals surface area contributed by atoms with Gasteiger partial charge in [0.15, 0.2) is 0 Å². The quantitative estimate of drug-likeness (QED) is 0.887. The maximum Gasteiger partial charge on any atom is 0.408 e. The molecule has 4 rings (SSSR count). The Hall–Kier alpha value is -2.04. The van der Waals surface area contributed by atoms with Crippen LogP contribution < -0.4 is 5.32 Å². The van der Waals surface area contributed by atoms with Gasteiger partial charge in [-0.15, -0.1) is 0 Å². The third-order valence-corrected chi connectivity index (χ3v) is 5.26. The number of benzene rings is 1. The first-order valence-corrected chi connectivity index (χ1v) is 8.35. The van der Waals surface area contributed by atoms with Gasteiger partial charge in [0.2, 0.25) is 0 Å². The zero-order valence-corrected chi connectivity index (χ0v) is 14.7. The fraction of sp³-hybridized carbons (Fsp3) is 0.579. The molecule has 1 amide bonds. The van der Waals surface area contributed by atoms with Gasteiger partial charge < -0.3 is 15.2 Å². The molecule has 0 saturated heterocycles. The second kappa shape index (κ2) is 5.23. The number of carbonyl (C=O) groups excluding carboxylic acids is 1. The number of hydrogen-bond donors (Lipinski definition) is 2. The molecular formula is C19H25NO4. The summed E-state index contributed by atoms with van der Waals surface area (Å²) in [5.41, 5.74) is 1.60. The summed E-state index contributed by atoms with van der Waals surface area (Å²) >= 11 is 0. The molecular weight excluding hydrogens is 306 g/mol. The zero-order chi connectivity index (χ0) is 17.8. The third-order valence-electron chi connectivity index (χ3n) is 5.26. The monoisotopic (exact) mass is 331 g/mol. The Morgan fingerprint density at radius 1 is 1.17 bits per heavy atom. The van der Waals surface area contributed by atoms with Crippen LogP contribution in [-0.2, 0) is 14.9 Å². The second-order valence-electron chi connectivity index (χ2n) is 8.46. The first-order chi connectivity index (χ1) is 11.1. The van der Waals surface area contributed by atoms with Gasteiger partial charge in [-0.25, -0.2) is 9.59 Å². The Labute approximate surface area is 142 Å². The summed E-state index contributed by atoms with van der Waals surface area (Å²) in [6, 6.07) is 7.57. The van der Waals surface area contributed by atoms with Crippen LogP contribution in [0.1, 0.15) is 51.2 Å². The highest BCUT2D eigenvalue weighted by Crippen LogP contribution is 2.74. The molecule has 0 spiro atoms. The number of hydrogen-bond acceptors (Lipinski definition) is 3. The van der Waals surface area contributed by atoms with E-state index in [1.165, 1.54) is 11.1 Å². The largest absolute Gasteiger partial charge is 0.480 e. The van der Waals surface area contributed by atoms with Crippen LogP contribution in [0, 0.1) is 12.3 Å². The molecule has 3 aliphatic carbocycles. The Kier molecular flexibility index (Phi) is 3.66. The predicted octanol–water partition coefficient (Wildman–Crippen LogP) is 3.39. The standard InChI is InChI=1S/C19H25NO4/c1-12-5-7-13(8-6-12)18-9-19(10-18,11-18)14(15(21)22)20-16(23)24-17(2,3)4/h5-8,14H,9-11H2,1-4H3,(H,20,23)(H,21,22). The lowest BCUT2D eigenvalue weighted by Gasteiger charge is -2.72. The van der Waals surface area contributed by atoms with Crippen LogP contribution in [0.25, 0.3) is 0 Å². The number of carbonyl (C=O) groups is 2. The molecule has 5 heteroatoms. The summed E-state index contributed by atoms with van der Waals surface area (Å²) in [5, 5.41) is 12.1. The van der Waals surface area contributed by atoms with Crippen LogP contribution in [0.4, 0.5) is 4.79 Å². The maximum atomic E-state index is 12.0. The number of carboxylic acid groups (broad SMARTS) is 1. The van der Waals surface area contributed by atoms with Crippen molar-refractivity contribution in [1.82, 2.24) is 5.32 Å². The topological polar surface area (TPSA) is 75.6 Å². The van der Waals surface area contributed by atoms with Crippen molar-refractivity contribution in [1.29, 1.82) is 0 Å². The molecule has 0 aliphatic heterocycles. The van der Waals surface area contributed by atoms with Crippen LogP contribution in [0.15, 0.2) is 24.3 Å². The molecule has 0 radical (unpaired) electrons. The van der Waals surface area contributed by atoms with E-state index < -0.39 is 23.7 Å². The predicted molar refractivity (Wildman–Crippen MR) is 89.9 cm³/mol. The molecule has 3 fully saturated rings. The number of carboxylic acids is 1. The van der Waals surface area contributed by atoms with Crippen molar-refractivity contribution in [3.8, 4) is 0 Å². The molecule has 130 valence electrons. The van der Waals surface area contributed by atoms with Crippen molar-refractivity contribution in [3.63, 3.8) is 0 Å². The average Bonchev–Trinajstić information content (AvgIpc) is 2.34. The molecule has 24 heavy (non-hydrogen) atoms. The Morgan fingerprint density at radius 3 is 2.17 bits per heavy atom. The summed E-state index contributed by atoms with van der Waals surface area (Å²) in [7, 11) is 0. The number of ether oxygens (including phenoxy) is 1. The molecule has 2 N–H and O–H groups in total. The SMILES string of the molecule is Cc1ccc(C23CC(C(NC(=O)OC(C)(C)C)C(=O)O)(C2)C3)cc1. The summed E-state index contributed by atoms with van der Waals surface area (Å²) in [6.07, 6.45) is 1.74. The van der Waals surface area contributed by atoms with Gasteiger partial charge in [-0.05, 0) is 57.9 Å². The van der Waals surface area contributed by atoms with E-state index in [0.717, 1.165) is 19.3 Å². The van der Waals surface area contributed by atoms with Gasteiger partial charge in [0.25, 0.3) is 0 Å². The fourth-order valence-electron chi connectivity index (χ4n) is 4.29. The van der Waals surface area contributed by atoms with Crippen LogP contribution >= 0.6 is 0 Å². The zero-order valence-electron chi connectivity index (χ0n) is 14.7. The van der Waals surface area contributed by atoms with E-state index in [2.05, 4.69) is 36.5 Å². The number of amides is 1. The average molecular weight is 331 g/mol. The highest BCUT2D eigenvalue weighted by atomic mass is 16.6. The fourth-order valence-corrected chi connectivity index (χ4v) is 4.29. The number of rotatable bonds is 4. The molecule has 3 saturated carbocycles. The smallest absolute Gasteiger partial charge is 0.408 e. The molecule has 1 unspecified atom stereocenters. The van der Waals surface area contributed by atoms with Gasteiger partial charge in [0, 0.05) is 5.41 Å². The number of nitrogens with one attached hydrogen (secondary N) is 1. The lowest BCUT2D eigenvalue weighted by molar-refractivity contribution is -0.183. The van der Waals surface area contributed by atoms with Crippen LogP contribution in [-0.4, -0.2) is 28.8 Å². The first-order valence-electron chi connectivity index (χ1n) is 8.35. The Balaban J connectivity index is 1.67. The number of aliphatic carboxylic acids is 1. The van der Waals surface area contributed by atoms with Crippen molar-refractivity contribution in [2.24, 2.45) is 5.41 Å². The second-order valence-corrected chi connectivity index (χ2v) is 8.46. The lowest BCUT2D eigenvalue weighted by atomic mass is 9.31. The normalized spacial score (nSPS) is 29.0. The van der Waals surface area contributed by atoms with Crippen molar-refractivity contribution in [3.05, 3.63) is 35.4 Å². The highest BCUT2D eigenvalue weighted by molar-refractivity contribution is 5.82. The first kappa shape index (κ1) is 16.8. The van der Waals surface area contributed by atoms with Crippen LogP contribution in [0.3, 0.4) is 0 Å². The van der Waals surface area contributed by atoms with E-state index in [-0.39, 0.29) is 10.8 Å². The Bertz CT molecular complexity index is 652. The van der Waals surface area contributed by atoms with Gasteiger partial charge in [0.05, 0.1) is 0 Å². The van der Waals surface area contributed by atoms with Crippen molar-refractivity contribution < 1.29 is 19.4 Å². The molecule has 1 atom stereocenters. The number of aryl methyl sites for hydroxylation is 1. The molecule has 0 aromatic heterocycles. The van der Waals surface area contributed by atoms with Crippen LogP contribution in [0.5, 0.6) is 0 Å². The summed E-state index contributed by atoms with van der Waals surface area (Å²) < 4.78 is 5.21. The van der Waals surface area contributed by atoms with Crippen molar-refractivity contribution >= 4 is 12.1 Å². The van der Waals surface area contributed by atoms with Crippen LogP contribution in [0.2, 0.25) is 0 Å². The van der Waals surface area contributed by atoms with Gasteiger partial charge >= 0.3 is 12.1 Å². The number of alkyl carbamates (subject to hydrolysis) is 1. The highest BCUT2D eigenvalue weighted by Gasteiger charge is 2.72. The van der Waals surface area contributed by atoms with E-state index in [1.54, 1.807) is 20.8 Å².